The van der Waals surface area contributed by atoms with Gasteiger partial charge in [0.2, 0.25) is 0 Å². The summed E-state index contributed by atoms with van der Waals surface area (Å²) >= 11 is 0. The predicted molar refractivity (Wildman–Crippen MR) is 54.4 cm³/mol. The van der Waals surface area contributed by atoms with Crippen molar-refractivity contribution in [3.8, 4) is 0 Å². The minimum Gasteiger partial charge on any atom is -0.368 e. The van der Waals surface area contributed by atoms with E-state index in [-0.39, 0.29) is 17.8 Å². The number of hydrogen-bond acceptors (Lipinski definition) is 3. The topological polar surface area (TPSA) is 46.6 Å². The molecular weight excluding hydrogens is 194 g/mol. The minimum absolute atomic E-state index is 0.0164. The summed E-state index contributed by atoms with van der Waals surface area (Å²) in [6.07, 6.45) is 4.04. The molecule has 0 aromatic rings. The first-order valence-corrected chi connectivity index (χ1v) is 5.69. The van der Waals surface area contributed by atoms with Crippen LogP contribution < -0.4 is 0 Å². The van der Waals surface area contributed by atoms with Gasteiger partial charge in [-0.15, -0.1) is 0 Å². The van der Waals surface area contributed by atoms with Gasteiger partial charge in [0, 0.05) is 19.6 Å². The number of nitrogens with zero attached hydrogens (tertiary/aromatic N) is 1. The van der Waals surface area contributed by atoms with E-state index in [2.05, 4.69) is 0 Å². The van der Waals surface area contributed by atoms with Gasteiger partial charge in [-0.05, 0) is 25.7 Å². The number of carbonyl (C=O) groups excluding carboxylic acids is 2. The second kappa shape index (κ2) is 4.75. The molecule has 0 spiro atoms. The van der Waals surface area contributed by atoms with E-state index in [0.717, 1.165) is 25.7 Å². The smallest absolute Gasteiger partial charge is 0.252 e. The van der Waals surface area contributed by atoms with Crippen LogP contribution in [0, 0.1) is 0 Å². The van der Waals surface area contributed by atoms with Crippen LogP contribution in [0.5, 0.6) is 0 Å². The predicted octanol–water partition coefficient (Wildman–Crippen LogP) is 0.747. The quantitative estimate of drug-likeness (QED) is 0.643. The van der Waals surface area contributed by atoms with Crippen LogP contribution in [0.4, 0.5) is 0 Å². The highest BCUT2D eigenvalue weighted by Gasteiger charge is 2.29. The van der Waals surface area contributed by atoms with E-state index in [0.29, 0.717) is 26.1 Å². The van der Waals surface area contributed by atoms with E-state index in [1.807, 2.05) is 0 Å². The summed E-state index contributed by atoms with van der Waals surface area (Å²) in [4.78, 5) is 24.8. The van der Waals surface area contributed by atoms with Gasteiger partial charge in [0.25, 0.3) is 5.91 Å². The van der Waals surface area contributed by atoms with Gasteiger partial charge >= 0.3 is 0 Å². The fourth-order valence-corrected chi connectivity index (χ4v) is 2.17. The summed E-state index contributed by atoms with van der Waals surface area (Å²) in [6.45, 7) is 1.68. The summed E-state index contributed by atoms with van der Waals surface area (Å²) in [5.41, 5.74) is 0. The van der Waals surface area contributed by atoms with Crippen molar-refractivity contribution in [3.63, 3.8) is 0 Å². The maximum Gasteiger partial charge on any atom is 0.252 e. The highest BCUT2D eigenvalue weighted by atomic mass is 16.5. The third kappa shape index (κ3) is 2.56. The van der Waals surface area contributed by atoms with Crippen LogP contribution in [0.3, 0.4) is 0 Å². The Hall–Kier alpha value is -0.900. The van der Waals surface area contributed by atoms with E-state index in [9.17, 15) is 9.59 Å². The molecular formula is C11H17NO3. The molecule has 2 fully saturated rings. The highest BCUT2D eigenvalue weighted by molar-refractivity contribution is 5.89. The molecule has 4 nitrogen and oxygen atoms in total. The molecule has 0 N–H and O–H groups in total. The van der Waals surface area contributed by atoms with Crippen molar-refractivity contribution in [2.75, 3.05) is 19.7 Å². The summed E-state index contributed by atoms with van der Waals surface area (Å²) < 4.78 is 5.43. The molecule has 1 unspecified atom stereocenters. The third-order valence-corrected chi connectivity index (χ3v) is 3.02. The van der Waals surface area contributed by atoms with E-state index in [4.69, 9.17) is 4.74 Å². The fourth-order valence-electron chi connectivity index (χ4n) is 2.17. The number of hydrogen-bond donors (Lipinski definition) is 0. The number of ether oxygens (including phenoxy) is 1. The van der Waals surface area contributed by atoms with Crippen LogP contribution in [-0.4, -0.2) is 42.4 Å². The van der Waals surface area contributed by atoms with Crippen LogP contribution in [0.2, 0.25) is 0 Å². The van der Waals surface area contributed by atoms with Crippen LogP contribution >= 0.6 is 0 Å². The summed E-state index contributed by atoms with van der Waals surface area (Å²) in [6, 6.07) is 0. The molecule has 2 aliphatic heterocycles. The van der Waals surface area contributed by atoms with E-state index < -0.39 is 0 Å². The zero-order valence-electron chi connectivity index (χ0n) is 8.91. The first kappa shape index (κ1) is 10.6. The molecule has 0 radical (unpaired) electrons. The van der Waals surface area contributed by atoms with Gasteiger partial charge in [0.05, 0.1) is 6.54 Å². The Morgan fingerprint density at radius 1 is 1.33 bits per heavy atom. The molecule has 4 heteroatoms. The summed E-state index contributed by atoms with van der Waals surface area (Å²) in [5, 5.41) is 0. The maximum atomic E-state index is 11.9. The third-order valence-electron chi connectivity index (χ3n) is 3.02. The molecule has 0 saturated carbocycles. The van der Waals surface area contributed by atoms with Gasteiger partial charge in [-0.25, -0.2) is 0 Å². The van der Waals surface area contributed by atoms with Gasteiger partial charge < -0.3 is 9.64 Å². The van der Waals surface area contributed by atoms with Crippen molar-refractivity contribution in [3.05, 3.63) is 0 Å². The molecule has 0 bridgehead atoms. The van der Waals surface area contributed by atoms with Crippen molar-refractivity contribution < 1.29 is 14.3 Å². The number of ketones is 1. The molecule has 15 heavy (non-hydrogen) atoms. The maximum absolute atomic E-state index is 11.9. The lowest BCUT2D eigenvalue weighted by molar-refractivity contribution is -0.150. The first-order chi connectivity index (χ1) is 7.27. The highest BCUT2D eigenvalue weighted by Crippen LogP contribution is 2.17. The Labute approximate surface area is 89.6 Å². The Balaban J connectivity index is 1.90. The largest absolute Gasteiger partial charge is 0.368 e. The monoisotopic (exact) mass is 211 g/mol. The standard InChI is InChI=1S/C11H17NO3/c13-9-4-3-6-12(8-9)11(14)10-5-1-2-7-15-10/h10H,1-8H2. The molecule has 2 aliphatic rings. The van der Waals surface area contributed by atoms with E-state index in [1.54, 1.807) is 4.90 Å². The average Bonchev–Trinajstić information content (AvgIpc) is 2.29. The van der Waals surface area contributed by atoms with Crippen LogP contribution in [-0.2, 0) is 14.3 Å². The zero-order valence-corrected chi connectivity index (χ0v) is 8.91. The van der Waals surface area contributed by atoms with Gasteiger partial charge in [0.15, 0.2) is 5.78 Å². The Morgan fingerprint density at radius 3 is 2.87 bits per heavy atom. The summed E-state index contributed by atoms with van der Waals surface area (Å²) in [5.74, 6) is 0.188. The lowest BCUT2D eigenvalue weighted by Gasteiger charge is -2.31. The minimum atomic E-state index is -0.287. The zero-order chi connectivity index (χ0) is 10.7. The number of piperidine rings is 1. The Bertz CT molecular complexity index is 259. The van der Waals surface area contributed by atoms with Gasteiger partial charge in [0.1, 0.15) is 6.10 Å². The van der Waals surface area contributed by atoms with Crippen LogP contribution in [0.1, 0.15) is 32.1 Å². The number of rotatable bonds is 1. The second-order valence-corrected chi connectivity index (χ2v) is 4.26. The van der Waals surface area contributed by atoms with Crippen molar-refractivity contribution in [1.82, 2.24) is 4.90 Å². The molecule has 84 valence electrons. The molecule has 0 aromatic carbocycles. The number of carbonyl (C=O) groups is 2. The number of Topliss-reactive ketones (excluding diaryl/α,β-unsaturated/α-hetero) is 1. The Morgan fingerprint density at radius 2 is 2.20 bits per heavy atom. The molecule has 0 aromatic heterocycles. The van der Waals surface area contributed by atoms with Crippen LogP contribution in [0.15, 0.2) is 0 Å². The van der Waals surface area contributed by atoms with Gasteiger partial charge in [-0.3, -0.25) is 9.59 Å². The SMILES string of the molecule is O=C1CCCN(C(=O)C2CCCCO2)C1. The molecule has 2 heterocycles. The van der Waals surface area contributed by atoms with Gasteiger partial charge in [-0.1, -0.05) is 0 Å². The normalized spacial score (nSPS) is 27.9. The Kier molecular flexibility index (Phi) is 3.36. The molecule has 2 rings (SSSR count). The first-order valence-electron chi connectivity index (χ1n) is 5.69. The fraction of sp³-hybridized carbons (Fsp3) is 0.818. The lowest BCUT2D eigenvalue weighted by Crippen LogP contribution is -2.46. The van der Waals surface area contributed by atoms with E-state index >= 15 is 0 Å². The van der Waals surface area contributed by atoms with Crippen LogP contribution in [0.25, 0.3) is 0 Å². The lowest BCUT2D eigenvalue weighted by atomic mass is 10.1. The second-order valence-electron chi connectivity index (χ2n) is 4.26. The average molecular weight is 211 g/mol. The summed E-state index contributed by atoms with van der Waals surface area (Å²) in [7, 11) is 0. The molecule has 1 amide bonds. The van der Waals surface area contributed by atoms with Crippen molar-refractivity contribution in [2.45, 2.75) is 38.2 Å². The molecule has 2 saturated heterocycles. The van der Waals surface area contributed by atoms with E-state index in [1.165, 1.54) is 0 Å². The molecule has 1 atom stereocenters. The number of likely N-dealkylation sites (tertiary alicyclic amines) is 1. The van der Waals surface area contributed by atoms with Gasteiger partial charge in [-0.2, -0.15) is 0 Å². The number of amides is 1. The molecule has 0 aliphatic carbocycles. The van der Waals surface area contributed by atoms with Crippen molar-refractivity contribution in [2.24, 2.45) is 0 Å². The van der Waals surface area contributed by atoms with Crippen molar-refractivity contribution in [1.29, 1.82) is 0 Å². The van der Waals surface area contributed by atoms with Crippen molar-refractivity contribution >= 4 is 11.7 Å².